The zero-order valence-electron chi connectivity index (χ0n) is 18.8. The molecule has 2 amide bonds. The largest absolute Gasteiger partial charge is 0.497 e. The molecular formula is C24H28N6O3. The van der Waals surface area contributed by atoms with E-state index in [9.17, 15) is 9.59 Å². The molecule has 1 aliphatic heterocycles. The molecule has 4 rings (SSSR count). The van der Waals surface area contributed by atoms with Crippen LogP contribution in [0, 0.1) is 12.8 Å². The van der Waals surface area contributed by atoms with Crippen molar-refractivity contribution in [2.24, 2.45) is 5.92 Å². The number of methoxy groups -OCH3 is 1. The van der Waals surface area contributed by atoms with Gasteiger partial charge in [0.1, 0.15) is 17.6 Å². The van der Waals surface area contributed by atoms with Crippen molar-refractivity contribution in [1.82, 2.24) is 25.1 Å². The number of aryl methyl sites for hydroxylation is 1. The molecule has 1 N–H and O–H groups in total. The van der Waals surface area contributed by atoms with Crippen LogP contribution >= 0.6 is 0 Å². The van der Waals surface area contributed by atoms with Crippen LogP contribution in [-0.2, 0) is 16.0 Å². The van der Waals surface area contributed by atoms with Crippen LogP contribution in [0.2, 0.25) is 0 Å². The molecule has 3 aromatic rings. The van der Waals surface area contributed by atoms with E-state index in [1.165, 1.54) is 0 Å². The second-order valence-electron chi connectivity index (χ2n) is 8.22. The summed E-state index contributed by atoms with van der Waals surface area (Å²) in [5, 5.41) is 14.8. The topological polar surface area (TPSA) is 102 Å². The normalized spacial score (nSPS) is 16.8. The number of carbonyl (C=O) groups is 2. The number of para-hydroxylation sites is 1. The molecule has 172 valence electrons. The van der Waals surface area contributed by atoms with Gasteiger partial charge in [0, 0.05) is 25.2 Å². The number of hydrogen-bond donors (Lipinski definition) is 1. The van der Waals surface area contributed by atoms with Crippen LogP contribution in [0.1, 0.15) is 30.3 Å². The molecule has 2 unspecified atom stereocenters. The van der Waals surface area contributed by atoms with E-state index in [4.69, 9.17) is 4.74 Å². The van der Waals surface area contributed by atoms with Gasteiger partial charge in [0.25, 0.3) is 0 Å². The highest BCUT2D eigenvalue weighted by atomic mass is 16.5. The van der Waals surface area contributed by atoms with Gasteiger partial charge < -0.3 is 15.0 Å². The van der Waals surface area contributed by atoms with Crippen molar-refractivity contribution >= 4 is 17.5 Å². The first kappa shape index (κ1) is 22.4. The minimum absolute atomic E-state index is 0.0679. The van der Waals surface area contributed by atoms with Crippen molar-refractivity contribution in [3.05, 3.63) is 66.0 Å². The molecule has 1 saturated heterocycles. The summed E-state index contributed by atoms with van der Waals surface area (Å²) in [5.74, 6) is 0.858. The van der Waals surface area contributed by atoms with Crippen LogP contribution in [0.3, 0.4) is 0 Å². The lowest BCUT2D eigenvalue weighted by Gasteiger charge is -2.34. The van der Waals surface area contributed by atoms with Crippen LogP contribution in [0.4, 0.5) is 5.69 Å². The Bertz CT molecular complexity index is 1100. The molecule has 2 heterocycles. The molecule has 0 saturated carbocycles. The van der Waals surface area contributed by atoms with Gasteiger partial charge in [-0.25, -0.2) is 4.68 Å². The molecule has 0 spiro atoms. The standard InChI is InChI=1S/C24H28N6O3/c1-17-26-27-28-30(17)22(15-18-8-6-12-21(14-18)33-2)24(32)29-13-7-9-19(16-29)23(31)25-20-10-4-3-5-11-20/h3-6,8,10-12,14,19,22H,7,9,13,15-16H2,1-2H3,(H,25,31). The lowest BCUT2D eigenvalue weighted by atomic mass is 9.95. The number of aromatic nitrogens is 4. The summed E-state index contributed by atoms with van der Waals surface area (Å²) in [6.07, 6.45) is 1.92. The van der Waals surface area contributed by atoms with E-state index in [0.717, 1.165) is 29.8 Å². The average molecular weight is 449 g/mol. The van der Waals surface area contributed by atoms with Crippen molar-refractivity contribution in [3.8, 4) is 5.75 Å². The fraction of sp³-hybridized carbons (Fsp3) is 0.375. The first-order valence-corrected chi connectivity index (χ1v) is 11.1. The zero-order valence-corrected chi connectivity index (χ0v) is 18.8. The summed E-state index contributed by atoms with van der Waals surface area (Å²) in [5.41, 5.74) is 1.70. The van der Waals surface area contributed by atoms with E-state index in [1.54, 1.807) is 23.6 Å². The molecule has 9 nitrogen and oxygen atoms in total. The monoisotopic (exact) mass is 448 g/mol. The third kappa shape index (κ3) is 5.36. The molecule has 0 radical (unpaired) electrons. The second-order valence-corrected chi connectivity index (χ2v) is 8.22. The van der Waals surface area contributed by atoms with Gasteiger partial charge in [-0.3, -0.25) is 9.59 Å². The maximum atomic E-state index is 13.7. The summed E-state index contributed by atoms with van der Waals surface area (Å²) in [4.78, 5) is 28.3. The van der Waals surface area contributed by atoms with Crippen LogP contribution in [0.15, 0.2) is 54.6 Å². The summed E-state index contributed by atoms with van der Waals surface area (Å²) in [7, 11) is 1.61. The number of nitrogens with one attached hydrogen (secondary N) is 1. The van der Waals surface area contributed by atoms with Crippen molar-refractivity contribution < 1.29 is 14.3 Å². The lowest BCUT2D eigenvalue weighted by Crippen LogP contribution is -2.47. The number of likely N-dealkylation sites (tertiary alicyclic amines) is 1. The Morgan fingerprint density at radius 1 is 1.18 bits per heavy atom. The molecular weight excluding hydrogens is 420 g/mol. The maximum Gasteiger partial charge on any atom is 0.247 e. The Morgan fingerprint density at radius 3 is 2.73 bits per heavy atom. The SMILES string of the molecule is COc1cccc(CC(C(=O)N2CCCC(C(=O)Nc3ccccc3)C2)n2nnnc2C)c1. The molecule has 1 fully saturated rings. The highest BCUT2D eigenvalue weighted by Crippen LogP contribution is 2.25. The van der Waals surface area contributed by atoms with Crippen molar-refractivity contribution in [3.63, 3.8) is 0 Å². The van der Waals surface area contributed by atoms with E-state index >= 15 is 0 Å². The highest BCUT2D eigenvalue weighted by molar-refractivity contribution is 5.93. The molecule has 33 heavy (non-hydrogen) atoms. The Labute approximate surface area is 192 Å². The van der Waals surface area contributed by atoms with Crippen LogP contribution in [0.5, 0.6) is 5.75 Å². The van der Waals surface area contributed by atoms with Crippen LogP contribution in [0.25, 0.3) is 0 Å². The van der Waals surface area contributed by atoms with E-state index in [0.29, 0.717) is 25.3 Å². The fourth-order valence-electron chi connectivity index (χ4n) is 4.20. The third-order valence-electron chi connectivity index (χ3n) is 5.95. The summed E-state index contributed by atoms with van der Waals surface area (Å²) < 4.78 is 6.89. The zero-order chi connectivity index (χ0) is 23.2. The van der Waals surface area contributed by atoms with Gasteiger partial charge in [0.05, 0.1) is 13.0 Å². The Hall–Kier alpha value is -3.75. The predicted octanol–water partition coefficient (Wildman–Crippen LogP) is 2.65. The number of amides is 2. The number of rotatable bonds is 7. The van der Waals surface area contributed by atoms with Gasteiger partial charge in [-0.15, -0.1) is 5.10 Å². The summed E-state index contributed by atoms with van der Waals surface area (Å²) >= 11 is 0. The number of piperidine rings is 1. The minimum Gasteiger partial charge on any atom is -0.497 e. The molecule has 1 aromatic heterocycles. The molecule has 0 bridgehead atoms. The van der Waals surface area contributed by atoms with Gasteiger partial charge in [0.15, 0.2) is 0 Å². The van der Waals surface area contributed by atoms with Gasteiger partial charge in [-0.2, -0.15) is 0 Å². The van der Waals surface area contributed by atoms with E-state index < -0.39 is 6.04 Å². The van der Waals surface area contributed by atoms with E-state index in [2.05, 4.69) is 20.8 Å². The average Bonchev–Trinajstić information content (AvgIpc) is 3.28. The number of tetrazole rings is 1. The Morgan fingerprint density at radius 2 is 2.00 bits per heavy atom. The number of carbonyl (C=O) groups excluding carboxylic acids is 2. The summed E-state index contributed by atoms with van der Waals surface area (Å²) in [6.45, 7) is 2.75. The van der Waals surface area contributed by atoms with Crippen molar-refractivity contribution in [2.45, 2.75) is 32.2 Å². The first-order chi connectivity index (χ1) is 16.0. The fourth-order valence-corrected chi connectivity index (χ4v) is 4.20. The van der Waals surface area contributed by atoms with Gasteiger partial charge in [-0.1, -0.05) is 30.3 Å². The van der Waals surface area contributed by atoms with Gasteiger partial charge in [0.2, 0.25) is 11.8 Å². The predicted molar refractivity (Wildman–Crippen MR) is 123 cm³/mol. The number of hydrogen-bond acceptors (Lipinski definition) is 6. The quantitative estimate of drug-likeness (QED) is 0.596. The number of nitrogens with zero attached hydrogens (tertiary/aromatic N) is 5. The Balaban J connectivity index is 1.51. The molecule has 2 aromatic carbocycles. The van der Waals surface area contributed by atoms with Gasteiger partial charge >= 0.3 is 0 Å². The number of ether oxygens (including phenoxy) is 1. The van der Waals surface area contributed by atoms with Crippen LogP contribution in [-0.4, -0.2) is 57.1 Å². The smallest absolute Gasteiger partial charge is 0.247 e. The first-order valence-electron chi connectivity index (χ1n) is 11.1. The van der Waals surface area contributed by atoms with Crippen LogP contribution < -0.4 is 10.1 Å². The highest BCUT2D eigenvalue weighted by Gasteiger charge is 2.34. The van der Waals surface area contributed by atoms with E-state index in [-0.39, 0.29) is 17.7 Å². The lowest BCUT2D eigenvalue weighted by molar-refractivity contribution is -0.138. The van der Waals surface area contributed by atoms with Crippen molar-refractivity contribution in [2.75, 3.05) is 25.5 Å². The molecule has 1 aliphatic rings. The number of benzene rings is 2. The summed E-state index contributed by atoms with van der Waals surface area (Å²) in [6, 6.07) is 16.4. The molecule has 9 heteroatoms. The number of anilines is 1. The molecule has 2 atom stereocenters. The van der Waals surface area contributed by atoms with Gasteiger partial charge in [-0.05, 0) is 60.0 Å². The maximum absolute atomic E-state index is 13.7. The third-order valence-corrected chi connectivity index (χ3v) is 5.95. The van der Waals surface area contributed by atoms with Crippen molar-refractivity contribution in [1.29, 1.82) is 0 Å². The molecule has 0 aliphatic carbocycles. The minimum atomic E-state index is -0.608. The van der Waals surface area contributed by atoms with E-state index in [1.807, 2.05) is 54.6 Å². The Kier molecular flexibility index (Phi) is 6.97. The second kappa shape index (κ2) is 10.2.